The van der Waals surface area contributed by atoms with Crippen LogP contribution in [0.2, 0.25) is 0 Å². The number of aromatic nitrogens is 3. The van der Waals surface area contributed by atoms with Crippen molar-refractivity contribution in [2.45, 2.75) is 0 Å². The van der Waals surface area contributed by atoms with Crippen LogP contribution in [0.5, 0.6) is 0 Å². The number of fused-ring (bicyclic) bond motifs is 1. The van der Waals surface area contributed by atoms with Gasteiger partial charge in [-0.25, -0.2) is 0 Å². The number of hydrogen-bond donors (Lipinski definition) is 1. The first kappa shape index (κ1) is 13.1. The highest BCUT2D eigenvalue weighted by Crippen LogP contribution is 2.13. The van der Waals surface area contributed by atoms with Crippen molar-refractivity contribution in [1.82, 2.24) is 15.2 Å². The van der Waals surface area contributed by atoms with Crippen LogP contribution in [0.15, 0.2) is 85.2 Å². The van der Waals surface area contributed by atoms with Crippen molar-refractivity contribution in [1.29, 1.82) is 0 Å². The molecule has 0 bridgehead atoms. The highest BCUT2D eigenvalue weighted by atomic mass is 15.1. The van der Waals surface area contributed by atoms with Crippen molar-refractivity contribution in [3.05, 3.63) is 85.2 Å². The fourth-order valence-corrected chi connectivity index (χ4v) is 2.05. The highest BCUT2D eigenvalue weighted by Gasteiger charge is 1.94. The summed E-state index contributed by atoms with van der Waals surface area (Å²) in [6.45, 7) is 0. The van der Waals surface area contributed by atoms with E-state index in [4.69, 9.17) is 0 Å². The average molecular weight is 273 g/mol. The summed E-state index contributed by atoms with van der Waals surface area (Å²) in [6.07, 6.45) is 3.56. The predicted molar refractivity (Wildman–Crippen MR) is 85.8 cm³/mol. The molecule has 3 nitrogen and oxygen atoms in total. The summed E-state index contributed by atoms with van der Waals surface area (Å²) in [6, 6.07) is 24.2. The van der Waals surface area contributed by atoms with E-state index in [9.17, 15) is 0 Å². The molecule has 2 aromatic heterocycles. The van der Waals surface area contributed by atoms with Gasteiger partial charge >= 0.3 is 0 Å². The first-order valence-corrected chi connectivity index (χ1v) is 6.78. The van der Waals surface area contributed by atoms with Gasteiger partial charge in [-0.05, 0) is 23.8 Å². The molecule has 4 aromatic rings. The Labute approximate surface area is 123 Å². The number of aromatic amines is 1. The van der Waals surface area contributed by atoms with E-state index in [0.29, 0.717) is 0 Å². The molecule has 0 spiro atoms. The summed E-state index contributed by atoms with van der Waals surface area (Å²) >= 11 is 0. The van der Waals surface area contributed by atoms with Gasteiger partial charge in [0.2, 0.25) is 0 Å². The van der Waals surface area contributed by atoms with Crippen LogP contribution in [0.4, 0.5) is 0 Å². The van der Waals surface area contributed by atoms with E-state index in [1.165, 1.54) is 10.9 Å². The molecule has 0 aliphatic carbocycles. The first-order valence-electron chi connectivity index (χ1n) is 6.78. The van der Waals surface area contributed by atoms with Gasteiger partial charge in [0.05, 0.1) is 11.2 Å². The highest BCUT2D eigenvalue weighted by molar-refractivity contribution is 5.77. The number of H-pyrrole nitrogens is 1. The number of benzene rings is 2. The SMILES string of the molecule is c1ccc(-c2ccn[nH]2)cc1.c1ccc2ncccc2c1. The predicted octanol–water partition coefficient (Wildman–Crippen LogP) is 4.31. The summed E-state index contributed by atoms with van der Waals surface area (Å²) in [7, 11) is 0. The molecule has 1 N–H and O–H groups in total. The van der Waals surface area contributed by atoms with Gasteiger partial charge in [-0.2, -0.15) is 5.10 Å². The van der Waals surface area contributed by atoms with Crippen molar-refractivity contribution < 1.29 is 0 Å². The second-order valence-electron chi connectivity index (χ2n) is 4.53. The van der Waals surface area contributed by atoms with Gasteiger partial charge in [-0.15, -0.1) is 0 Å². The molecule has 0 saturated carbocycles. The van der Waals surface area contributed by atoms with Gasteiger partial charge in [0.15, 0.2) is 0 Å². The lowest BCUT2D eigenvalue weighted by Gasteiger charge is -1.93. The molecule has 2 heterocycles. The van der Waals surface area contributed by atoms with Gasteiger partial charge in [-0.3, -0.25) is 10.1 Å². The number of nitrogens with zero attached hydrogens (tertiary/aromatic N) is 2. The van der Waals surface area contributed by atoms with E-state index in [-0.39, 0.29) is 0 Å². The van der Waals surface area contributed by atoms with Crippen LogP contribution in [0.3, 0.4) is 0 Å². The smallest absolute Gasteiger partial charge is 0.0701 e. The monoisotopic (exact) mass is 273 g/mol. The second-order valence-corrected chi connectivity index (χ2v) is 4.53. The van der Waals surface area contributed by atoms with Crippen LogP contribution in [0, 0.1) is 0 Å². The van der Waals surface area contributed by atoms with Gasteiger partial charge in [0, 0.05) is 17.8 Å². The van der Waals surface area contributed by atoms with Crippen LogP contribution in [-0.2, 0) is 0 Å². The molecule has 0 atom stereocenters. The maximum absolute atomic E-state index is 4.18. The zero-order valence-corrected chi connectivity index (χ0v) is 11.5. The molecule has 4 rings (SSSR count). The molecule has 0 aliphatic rings. The Kier molecular flexibility index (Phi) is 4.03. The van der Waals surface area contributed by atoms with E-state index in [2.05, 4.69) is 27.3 Å². The third kappa shape index (κ3) is 3.34. The topological polar surface area (TPSA) is 41.6 Å². The minimum absolute atomic E-state index is 1.06. The van der Waals surface area contributed by atoms with E-state index in [1.807, 2.05) is 66.9 Å². The maximum atomic E-state index is 4.18. The Hall–Kier alpha value is -2.94. The molecular weight excluding hydrogens is 258 g/mol. The third-order valence-electron chi connectivity index (χ3n) is 3.10. The van der Waals surface area contributed by atoms with Crippen LogP contribution in [-0.4, -0.2) is 15.2 Å². The summed E-state index contributed by atoms with van der Waals surface area (Å²) in [5.74, 6) is 0. The van der Waals surface area contributed by atoms with E-state index < -0.39 is 0 Å². The summed E-state index contributed by atoms with van der Waals surface area (Å²) in [5, 5.41) is 7.98. The minimum atomic E-state index is 1.06. The van der Waals surface area contributed by atoms with Gasteiger partial charge in [-0.1, -0.05) is 54.6 Å². The van der Waals surface area contributed by atoms with Crippen molar-refractivity contribution in [3.8, 4) is 11.3 Å². The van der Waals surface area contributed by atoms with Crippen molar-refractivity contribution in [2.24, 2.45) is 0 Å². The Morgan fingerprint density at radius 3 is 2.19 bits per heavy atom. The second kappa shape index (κ2) is 6.48. The number of hydrogen-bond acceptors (Lipinski definition) is 2. The van der Waals surface area contributed by atoms with E-state index in [0.717, 1.165) is 11.2 Å². The van der Waals surface area contributed by atoms with Crippen molar-refractivity contribution in [2.75, 3.05) is 0 Å². The molecule has 3 heteroatoms. The Morgan fingerprint density at radius 2 is 1.43 bits per heavy atom. The first-order chi connectivity index (χ1) is 10.4. The number of pyridine rings is 1. The van der Waals surface area contributed by atoms with Crippen LogP contribution >= 0.6 is 0 Å². The Balaban J connectivity index is 0.000000126. The number of nitrogens with one attached hydrogen (secondary N) is 1. The molecule has 2 aromatic carbocycles. The normalized spacial score (nSPS) is 9.90. The van der Waals surface area contributed by atoms with E-state index in [1.54, 1.807) is 6.20 Å². The number of rotatable bonds is 1. The standard InChI is InChI=1S/C9H8N2.C9H7N/c1-2-4-8(5-3-1)9-6-7-10-11-9;1-2-6-9-8(4-1)5-3-7-10-9/h1-7H,(H,10,11);1-7H. The zero-order valence-electron chi connectivity index (χ0n) is 11.5. The zero-order chi connectivity index (χ0) is 14.3. The van der Waals surface area contributed by atoms with E-state index >= 15 is 0 Å². The average Bonchev–Trinajstić information content (AvgIpc) is 3.11. The van der Waals surface area contributed by atoms with Crippen LogP contribution < -0.4 is 0 Å². The molecular formula is C18H15N3. The fourth-order valence-electron chi connectivity index (χ4n) is 2.05. The molecule has 0 saturated heterocycles. The van der Waals surface area contributed by atoms with Crippen LogP contribution in [0.1, 0.15) is 0 Å². The van der Waals surface area contributed by atoms with Crippen LogP contribution in [0.25, 0.3) is 22.2 Å². The maximum Gasteiger partial charge on any atom is 0.0701 e. The van der Waals surface area contributed by atoms with Crippen molar-refractivity contribution >= 4 is 10.9 Å². The summed E-state index contributed by atoms with van der Waals surface area (Å²) in [4.78, 5) is 4.18. The lowest BCUT2D eigenvalue weighted by Crippen LogP contribution is -1.75. The quantitative estimate of drug-likeness (QED) is 0.561. The Bertz CT molecular complexity index is 727. The van der Waals surface area contributed by atoms with Gasteiger partial charge in [0.1, 0.15) is 0 Å². The molecule has 0 radical (unpaired) electrons. The molecule has 21 heavy (non-hydrogen) atoms. The fraction of sp³-hybridized carbons (Fsp3) is 0. The molecule has 0 fully saturated rings. The van der Waals surface area contributed by atoms with Gasteiger partial charge < -0.3 is 0 Å². The largest absolute Gasteiger partial charge is 0.278 e. The lowest BCUT2D eigenvalue weighted by atomic mass is 10.2. The number of para-hydroxylation sites is 1. The van der Waals surface area contributed by atoms with Gasteiger partial charge in [0.25, 0.3) is 0 Å². The molecule has 0 aliphatic heterocycles. The molecule has 102 valence electrons. The lowest BCUT2D eigenvalue weighted by molar-refractivity contribution is 1.10. The molecule has 0 amide bonds. The summed E-state index contributed by atoms with van der Waals surface area (Å²) in [5.41, 5.74) is 3.29. The summed E-state index contributed by atoms with van der Waals surface area (Å²) < 4.78 is 0. The van der Waals surface area contributed by atoms with Crippen molar-refractivity contribution in [3.63, 3.8) is 0 Å². The Morgan fingerprint density at radius 1 is 0.667 bits per heavy atom. The third-order valence-corrected chi connectivity index (χ3v) is 3.10. The molecule has 0 unspecified atom stereocenters. The minimum Gasteiger partial charge on any atom is -0.278 e.